The maximum atomic E-state index is 12.3. The van der Waals surface area contributed by atoms with Gasteiger partial charge in [0.05, 0.1) is 5.56 Å². The van der Waals surface area contributed by atoms with Gasteiger partial charge in [-0.25, -0.2) is 0 Å². The average Bonchev–Trinajstić information content (AvgIpc) is 2.91. The number of carbonyl (C=O) groups excluding carboxylic acids is 1. The van der Waals surface area contributed by atoms with Gasteiger partial charge in [-0.05, 0) is 19.9 Å². The minimum atomic E-state index is -0.214. The zero-order valence-electron chi connectivity index (χ0n) is 10.6. The van der Waals surface area contributed by atoms with E-state index in [1.165, 1.54) is 0 Å². The van der Waals surface area contributed by atoms with E-state index in [4.69, 9.17) is 0 Å². The smallest absolute Gasteiger partial charge is 0.260 e. The number of hydrogen-bond donors (Lipinski definition) is 3. The van der Waals surface area contributed by atoms with Crippen LogP contribution in [0.5, 0.6) is 0 Å². The Bertz CT molecular complexity index is 755. The average molecular weight is 255 g/mol. The summed E-state index contributed by atoms with van der Waals surface area (Å²) in [6.45, 7) is 3.65. The third kappa shape index (κ3) is 1.97. The van der Waals surface area contributed by atoms with Crippen LogP contribution in [0.1, 0.15) is 21.9 Å². The molecule has 0 aliphatic rings. The Hall–Kier alpha value is -2.63. The Labute approximate surface area is 109 Å². The van der Waals surface area contributed by atoms with Crippen molar-refractivity contribution in [1.82, 2.24) is 20.2 Å². The molecule has 0 saturated carbocycles. The number of para-hydroxylation sites is 1. The van der Waals surface area contributed by atoms with Crippen molar-refractivity contribution in [3.63, 3.8) is 0 Å². The summed E-state index contributed by atoms with van der Waals surface area (Å²) < 4.78 is 0. The maximum Gasteiger partial charge on any atom is 0.260 e. The molecule has 19 heavy (non-hydrogen) atoms. The predicted molar refractivity (Wildman–Crippen MR) is 72.1 cm³/mol. The summed E-state index contributed by atoms with van der Waals surface area (Å²) in [5.41, 5.74) is 2.39. The zero-order valence-corrected chi connectivity index (χ0v) is 10.6. The van der Waals surface area contributed by atoms with Crippen LogP contribution in [-0.4, -0.2) is 26.1 Å². The molecule has 6 nitrogen and oxygen atoms in total. The summed E-state index contributed by atoms with van der Waals surface area (Å²) in [7, 11) is 0. The highest BCUT2D eigenvalue weighted by molar-refractivity contribution is 6.13. The molecular weight excluding hydrogens is 242 g/mol. The summed E-state index contributed by atoms with van der Waals surface area (Å²) in [6, 6.07) is 7.69. The van der Waals surface area contributed by atoms with Crippen LogP contribution < -0.4 is 5.32 Å². The molecule has 2 heterocycles. The molecule has 0 spiro atoms. The molecule has 2 aromatic heterocycles. The summed E-state index contributed by atoms with van der Waals surface area (Å²) in [6.07, 6.45) is 0. The molecule has 0 atom stereocenters. The lowest BCUT2D eigenvalue weighted by Crippen LogP contribution is -2.13. The normalized spacial score (nSPS) is 10.8. The van der Waals surface area contributed by atoms with Gasteiger partial charge in [0.25, 0.3) is 5.91 Å². The summed E-state index contributed by atoms with van der Waals surface area (Å²) >= 11 is 0. The van der Waals surface area contributed by atoms with Crippen LogP contribution in [0.15, 0.2) is 24.3 Å². The first-order valence-corrected chi connectivity index (χ1v) is 5.93. The van der Waals surface area contributed by atoms with E-state index in [2.05, 4.69) is 25.5 Å². The Morgan fingerprint density at radius 2 is 2.05 bits per heavy atom. The van der Waals surface area contributed by atoms with Crippen molar-refractivity contribution in [2.45, 2.75) is 13.8 Å². The molecule has 0 fully saturated rings. The number of H-pyrrole nitrogens is 2. The minimum absolute atomic E-state index is 0.214. The zero-order chi connectivity index (χ0) is 13.4. The van der Waals surface area contributed by atoms with E-state index >= 15 is 0 Å². The van der Waals surface area contributed by atoms with Crippen LogP contribution >= 0.6 is 0 Å². The maximum absolute atomic E-state index is 12.3. The van der Waals surface area contributed by atoms with Gasteiger partial charge < -0.3 is 4.98 Å². The second-order valence-corrected chi connectivity index (χ2v) is 4.37. The number of anilines is 1. The summed E-state index contributed by atoms with van der Waals surface area (Å²) in [4.78, 5) is 19.5. The number of rotatable bonds is 2. The Morgan fingerprint density at radius 3 is 2.79 bits per heavy atom. The molecular formula is C13H13N5O. The molecule has 6 heteroatoms. The lowest BCUT2D eigenvalue weighted by atomic mass is 10.1. The molecule has 3 rings (SSSR count). The van der Waals surface area contributed by atoms with Crippen molar-refractivity contribution in [3.8, 4) is 0 Å². The van der Waals surface area contributed by atoms with E-state index in [-0.39, 0.29) is 11.9 Å². The first-order chi connectivity index (χ1) is 9.15. The van der Waals surface area contributed by atoms with Gasteiger partial charge in [0.2, 0.25) is 5.95 Å². The molecule has 3 N–H and O–H groups in total. The van der Waals surface area contributed by atoms with Gasteiger partial charge >= 0.3 is 0 Å². The number of aryl methyl sites for hydroxylation is 2. The van der Waals surface area contributed by atoms with Gasteiger partial charge in [-0.1, -0.05) is 18.2 Å². The van der Waals surface area contributed by atoms with Crippen molar-refractivity contribution in [3.05, 3.63) is 41.3 Å². The topological polar surface area (TPSA) is 86.5 Å². The van der Waals surface area contributed by atoms with E-state index in [1.54, 1.807) is 6.92 Å². The molecule has 0 aliphatic heterocycles. The third-order valence-corrected chi connectivity index (χ3v) is 2.94. The lowest BCUT2D eigenvalue weighted by molar-refractivity contribution is 0.102. The number of nitrogens with zero attached hydrogens (tertiary/aromatic N) is 2. The fraction of sp³-hybridized carbons (Fsp3) is 0.154. The van der Waals surface area contributed by atoms with Crippen LogP contribution in [0.3, 0.4) is 0 Å². The number of benzene rings is 1. The van der Waals surface area contributed by atoms with Crippen molar-refractivity contribution >= 4 is 22.8 Å². The second-order valence-electron chi connectivity index (χ2n) is 4.37. The van der Waals surface area contributed by atoms with Crippen LogP contribution in [0, 0.1) is 13.8 Å². The molecule has 1 aromatic carbocycles. The summed E-state index contributed by atoms with van der Waals surface area (Å²) in [5, 5.41) is 10.2. The molecule has 0 bridgehead atoms. The quantitative estimate of drug-likeness (QED) is 0.655. The van der Waals surface area contributed by atoms with Crippen molar-refractivity contribution < 1.29 is 4.79 Å². The van der Waals surface area contributed by atoms with Crippen LogP contribution in [0.2, 0.25) is 0 Å². The number of fused-ring (bicyclic) bond motifs is 1. The van der Waals surface area contributed by atoms with Gasteiger partial charge in [-0.3, -0.25) is 15.2 Å². The van der Waals surface area contributed by atoms with Gasteiger partial charge in [-0.2, -0.15) is 4.98 Å². The number of hydrogen-bond acceptors (Lipinski definition) is 3. The monoisotopic (exact) mass is 255 g/mol. The van der Waals surface area contributed by atoms with Crippen molar-refractivity contribution in [1.29, 1.82) is 0 Å². The standard InChI is InChI=1S/C13H13N5O/c1-7-11(9-5-3-4-6-10(9)14-7)12(19)16-13-15-8(2)17-18-13/h3-6,14H,1-2H3,(H2,15,16,17,18,19). The molecule has 0 saturated heterocycles. The number of carbonyl (C=O) groups is 1. The van der Waals surface area contributed by atoms with Crippen LogP contribution in [0.25, 0.3) is 10.9 Å². The third-order valence-electron chi connectivity index (χ3n) is 2.94. The largest absolute Gasteiger partial charge is 0.358 e. The van der Waals surface area contributed by atoms with Crippen LogP contribution in [-0.2, 0) is 0 Å². The number of aromatic nitrogens is 4. The summed E-state index contributed by atoms with van der Waals surface area (Å²) in [5.74, 6) is 0.729. The molecule has 1 amide bonds. The van der Waals surface area contributed by atoms with Gasteiger partial charge in [0.1, 0.15) is 5.82 Å². The van der Waals surface area contributed by atoms with E-state index in [9.17, 15) is 4.79 Å². The highest BCUT2D eigenvalue weighted by atomic mass is 16.1. The first kappa shape index (κ1) is 11.5. The fourth-order valence-corrected chi connectivity index (χ4v) is 2.13. The second kappa shape index (κ2) is 4.24. The molecule has 0 aliphatic carbocycles. The predicted octanol–water partition coefficient (Wildman–Crippen LogP) is 2.16. The Kier molecular flexibility index (Phi) is 2.56. The Balaban J connectivity index is 1.99. The van der Waals surface area contributed by atoms with E-state index < -0.39 is 0 Å². The highest BCUT2D eigenvalue weighted by Gasteiger charge is 2.16. The van der Waals surface area contributed by atoms with Gasteiger partial charge in [0.15, 0.2) is 0 Å². The van der Waals surface area contributed by atoms with Crippen molar-refractivity contribution in [2.24, 2.45) is 0 Å². The highest BCUT2D eigenvalue weighted by Crippen LogP contribution is 2.22. The SMILES string of the molecule is Cc1nc(NC(=O)c2c(C)[nH]c3ccccc23)n[nH]1. The minimum Gasteiger partial charge on any atom is -0.358 e. The van der Waals surface area contributed by atoms with Gasteiger partial charge in [0, 0.05) is 16.6 Å². The van der Waals surface area contributed by atoms with Crippen LogP contribution in [0.4, 0.5) is 5.95 Å². The van der Waals surface area contributed by atoms with Crippen molar-refractivity contribution in [2.75, 3.05) is 5.32 Å². The lowest BCUT2D eigenvalue weighted by Gasteiger charge is -2.00. The number of nitrogens with one attached hydrogen (secondary N) is 3. The van der Waals surface area contributed by atoms with E-state index in [0.717, 1.165) is 16.6 Å². The molecule has 0 radical (unpaired) electrons. The molecule has 96 valence electrons. The molecule has 3 aromatic rings. The Morgan fingerprint density at radius 1 is 1.26 bits per heavy atom. The number of aromatic amines is 2. The first-order valence-electron chi connectivity index (χ1n) is 5.93. The van der Waals surface area contributed by atoms with Gasteiger partial charge in [-0.15, -0.1) is 5.10 Å². The van der Waals surface area contributed by atoms with E-state index in [1.807, 2.05) is 31.2 Å². The van der Waals surface area contributed by atoms with E-state index in [0.29, 0.717) is 11.4 Å². The number of amides is 1. The molecule has 0 unspecified atom stereocenters. The fourth-order valence-electron chi connectivity index (χ4n) is 2.13.